The highest BCUT2D eigenvalue weighted by Gasteiger charge is 2.11. The number of carbonyl (C=O) groups is 1. The summed E-state index contributed by atoms with van der Waals surface area (Å²) in [6.45, 7) is 4.71. The molecule has 5 rings (SSSR count). The maximum Gasteiger partial charge on any atom is 0.267 e. The van der Waals surface area contributed by atoms with Crippen LogP contribution in [0.1, 0.15) is 27.3 Å². The minimum atomic E-state index is -0.604. The Morgan fingerprint density at radius 3 is 2.73 bits per heavy atom. The second-order valence-electron chi connectivity index (χ2n) is 8.25. The van der Waals surface area contributed by atoms with Crippen molar-refractivity contribution in [3.63, 3.8) is 0 Å². The summed E-state index contributed by atoms with van der Waals surface area (Å²) in [6, 6.07) is 16.0. The Morgan fingerprint density at radius 2 is 1.88 bits per heavy atom. The maximum atomic E-state index is 11.8. The van der Waals surface area contributed by atoms with E-state index < -0.39 is 5.91 Å². The van der Waals surface area contributed by atoms with E-state index in [4.69, 9.17) is 5.73 Å². The normalized spacial score (nSPS) is 11.2. The Hall–Kier alpha value is -4.33. The second kappa shape index (κ2) is 8.31. The quantitative estimate of drug-likeness (QED) is 0.254. The number of aromatic amines is 2. The van der Waals surface area contributed by atoms with Gasteiger partial charge in [0, 0.05) is 52.0 Å². The zero-order valence-electron chi connectivity index (χ0n) is 18.5. The molecule has 0 aliphatic heterocycles. The second-order valence-corrected chi connectivity index (χ2v) is 8.25. The third-order valence-corrected chi connectivity index (χ3v) is 5.61. The van der Waals surface area contributed by atoms with E-state index >= 15 is 0 Å². The first-order chi connectivity index (χ1) is 15.9. The van der Waals surface area contributed by atoms with Crippen molar-refractivity contribution >= 4 is 45.2 Å². The molecule has 0 saturated carbocycles. The number of hydrogen-bond acceptors (Lipinski definition) is 5. The van der Waals surface area contributed by atoms with Gasteiger partial charge in [0.25, 0.3) is 5.91 Å². The summed E-state index contributed by atoms with van der Waals surface area (Å²) in [5, 5.41) is 8.79. The molecule has 166 valence electrons. The van der Waals surface area contributed by atoms with Crippen LogP contribution in [-0.4, -0.2) is 32.4 Å². The lowest BCUT2D eigenvalue weighted by Gasteiger charge is -2.10. The molecule has 0 aliphatic carbocycles. The predicted molar refractivity (Wildman–Crippen MR) is 132 cm³/mol. The van der Waals surface area contributed by atoms with Crippen LogP contribution >= 0.6 is 0 Å². The summed E-state index contributed by atoms with van der Waals surface area (Å²) in [5.41, 5.74) is 12.2. The molecule has 6 N–H and O–H groups in total. The topological polar surface area (TPSA) is 125 Å². The first-order valence-electron chi connectivity index (χ1n) is 10.8. The van der Waals surface area contributed by atoms with Gasteiger partial charge in [0.2, 0.25) is 5.95 Å². The summed E-state index contributed by atoms with van der Waals surface area (Å²) < 4.78 is 0. The number of aromatic nitrogens is 4. The van der Waals surface area contributed by atoms with Gasteiger partial charge >= 0.3 is 0 Å². The number of amides is 1. The molecule has 0 radical (unpaired) electrons. The van der Waals surface area contributed by atoms with Crippen LogP contribution in [0, 0.1) is 13.8 Å². The van der Waals surface area contributed by atoms with Crippen LogP contribution in [0.25, 0.3) is 21.8 Å². The lowest BCUT2D eigenvalue weighted by atomic mass is 10.1. The number of nitrogens with one attached hydrogen (secondary N) is 4. The van der Waals surface area contributed by atoms with E-state index in [-0.39, 0.29) is 5.69 Å². The van der Waals surface area contributed by atoms with Crippen molar-refractivity contribution in [3.05, 3.63) is 77.2 Å². The standard InChI is InChI=1S/C25H25N7O/c1-14-3-5-21-19(9-14)16(13-28-21)7-8-27-25-31-22(24(26)33)12-23(32-25)30-18-4-6-20-17(11-18)10-15(2)29-20/h3-6,9-13,28-29H,7-8H2,1-2H3,(H2,26,33)(H2,27,30,31,32). The highest BCUT2D eigenvalue weighted by molar-refractivity contribution is 5.92. The number of nitrogens with two attached hydrogens (primary N) is 1. The van der Waals surface area contributed by atoms with E-state index in [0.29, 0.717) is 18.3 Å². The molecule has 0 atom stereocenters. The van der Waals surface area contributed by atoms with Gasteiger partial charge in [-0.15, -0.1) is 0 Å². The van der Waals surface area contributed by atoms with Crippen LogP contribution in [0.4, 0.5) is 17.5 Å². The number of benzene rings is 2. The van der Waals surface area contributed by atoms with Gasteiger partial charge in [0.15, 0.2) is 0 Å². The number of hydrogen-bond donors (Lipinski definition) is 5. The molecule has 1 amide bonds. The van der Waals surface area contributed by atoms with Crippen LogP contribution in [-0.2, 0) is 6.42 Å². The average Bonchev–Trinajstić information content (AvgIpc) is 3.35. The number of rotatable bonds is 7. The summed E-state index contributed by atoms with van der Waals surface area (Å²) in [5.74, 6) is 0.242. The monoisotopic (exact) mass is 439 g/mol. The molecule has 3 aromatic heterocycles. The van der Waals surface area contributed by atoms with E-state index in [1.54, 1.807) is 6.07 Å². The Kier molecular flexibility index (Phi) is 5.18. The highest BCUT2D eigenvalue weighted by atomic mass is 16.1. The molecule has 0 unspecified atom stereocenters. The molecule has 8 nitrogen and oxygen atoms in total. The lowest BCUT2D eigenvalue weighted by molar-refractivity contribution is 0.0995. The third-order valence-electron chi connectivity index (χ3n) is 5.61. The number of fused-ring (bicyclic) bond motifs is 2. The van der Waals surface area contributed by atoms with E-state index in [0.717, 1.165) is 34.2 Å². The Labute approximate surface area is 190 Å². The van der Waals surface area contributed by atoms with Crippen LogP contribution in [0.5, 0.6) is 0 Å². The summed E-state index contributed by atoms with van der Waals surface area (Å²) in [6.07, 6.45) is 2.80. The van der Waals surface area contributed by atoms with Crippen molar-refractivity contribution in [1.82, 2.24) is 19.9 Å². The first-order valence-corrected chi connectivity index (χ1v) is 10.8. The minimum absolute atomic E-state index is 0.149. The van der Waals surface area contributed by atoms with Crippen molar-refractivity contribution in [1.29, 1.82) is 0 Å². The number of carbonyl (C=O) groups excluding carboxylic acids is 1. The van der Waals surface area contributed by atoms with E-state index in [1.165, 1.54) is 16.5 Å². The van der Waals surface area contributed by atoms with Crippen molar-refractivity contribution in [3.8, 4) is 0 Å². The third kappa shape index (κ3) is 4.36. The Balaban J connectivity index is 1.34. The van der Waals surface area contributed by atoms with Crippen molar-refractivity contribution in [2.24, 2.45) is 5.73 Å². The van der Waals surface area contributed by atoms with Crippen LogP contribution < -0.4 is 16.4 Å². The molecule has 8 heteroatoms. The van der Waals surface area contributed by atoms with Crippen molar-refractivity contribution < 1.29 is 4.79 Å². The maximum absolute atomic E-state index is 11.8. The molecule has 3 heterocycles. The SMILES string of the molecule is Cc1ccc2[nH]cc(CCNc3nc(Nc4ccc5[nH]c(C)cc5c4)cc(C(N)=O)n3)c2c1. The fourth-order valence-electron chi connectivity index (χ4n) is 4.03. The van der Waals surface area contributed by atoms with Crippen LogP contribution in [0.3, 0.4) is 0 Å². The molecule has 33 heavy (non-hydrogen) atoms. The molecule has 0 bridgehead atoms. The molecule has 0 saturated heterocycles. The van der Waals surface area contributed by atoms with Gasteiger partial charge in [-0.25, -0.2) is 4.98 Å². The van der Waals surface area contributed by atoms with Gasteiger partial charge in [0.1, 0.15) is 11.5 Å². The largest absolute Gasteiger partial charge is 0.364 e. The highest BCUT2D eigenvalue weighted by Crippen LogP contribution is 2.23. The minimum Gasteiger partial charge on any atom is -0.364 e. The lowest BCUT2D eigenvalue weighted by Crippen LogP contribution is -2.17. The molecule has 0 spiro atoms. The Morgan fingerprint density at radius 1 is 1.03 bits per heavy atom. The molecule has 0 aliphatic rings. The molecule has 2 aromatic carbocycles. The van der Waals surface area contributed by atoms with Crippen molar-refractivity contribution in [2.45, 2.75) is 20.3 Å². The first kappa shape index (κ1) is 20.6. The molecule has 5 aromatic rings. The fraction of sp³-hybridized carbons (Fsp3) is 0.160. The van der Waals surface area contributed by atoms with E-state index in [9.17, 15) is 4.79 Å². The Bertz CT molecular complexity index is 1480. The fourth-order valence-corrected chi connectivity index (χ4v) is 4.03. The zero-order valence-corrected chi connectivity index (χ0v) is 18.5. The smallest absolute Gasteiger partial charge is 0.267 e. The number of primary amides is 1. The van der Waals surface area contributed by atoms with Crippen LogP contribution in [0.15, 0.2) is 54.7 Å². The molecular formula is C25H25N7O. The predicted octanol–water partition coefficient (Wildman–Crippen LogP) is 4.55. The number of anilines is 3. The van der Waals surface area contributed by atoms with Gasteiger partial charge in [-0.3, -0.25) is 4.79 Å². The average molecular weight is 440 g/mol. The van der Waals surface area contributed by atoms with Gasteiger partial charge in [-0.2, -0.15) is 4.98 Å². The van der Waals surface area contributed by atoms with Gasteiger partial charge < -0.3 is 26.3 Å². The summed E-state index contributed by atoms with van der Waals surface area (Å²) >= 11 is 0. The molecule has 0 fully saturated rings. The van der Waals surface area contributed by atoms with Gasteiger partial charge in [-0.1, -0.05) is 11.6 Å². The summed E-state index contributed by atoms with van der Waals surface area (Å²) in [4.78, 5) is 27.3. The zero-order chi connectivity index (χ0) is 22.9. The van der Waals surface area contributed by atoms with E-state index in [1.807, 2.05) is 31.3 Å². The van der Waals surface area contributed by atoms with Crippen LogP contribution in [0.2, 0.25) is 0 Å². The number of nitrogens with zero attached hydrogens (tertiary/aromatic N) is 2. The van der Waals surface area contributed by atoms with Gasteiger partial charge in [0.05, 0.1) is 0 Å². The van der Waals surface area contributed by atoms with E-state index in [2.05, 4.69) is 61.8 Å². The number of aryl methyl sites for hydroxylation is 2. The van der Waals surface area contributed by atoms with Crippen molar-refractivity contribution in [2.75, 3.05) is 17.2 Å². The van der Waals surface area contributed by atoms with Gasteiger partial charge in [-0.05, 0) is 62.2 Å². The summed E-state index contributed by atoms with van der Waals surface area (Å²) in [7, 11) is 0. The molecular weight excluding hydrogens is 414 g/mol. The number of H-pyrrole nitrogens is 2.